The van der Waals surface area contributed by atoms with Crippen LogP contribution in [0, 0.1) is 6.92 Å². The third-order valence-electron chi connectivity index (χ3n) is 6.51. The van der Waals surface area contributed by atoms with E-state index in [-0.39, 0.29) is 24.0 Å². The Morgan fingerprint density at radius 3 is 2.50 bits per heavy atom. The molecule has 1 amide bonds. The molecule has 0 spiro atoms. The fourth-order valence-electron chi connectivity index (χ4n) is 4.70. The van der Waals surface area contributed by atoms with E-state index in [9.17, 15) is 4.79 Å². The summed E-state index contributed by atoms with van der Waals surface area (Å²) in [5.74, 6) is 0.709. The third kappa shape index (κ3) is 4.73. The van der Waals surface area contributed by atoms with E-state index < -0.39 is 0 Å². The van der Waals surface area contributed by atoms with Gasteiger partial charge in [0.15, 0.2) is 17.1 Å². The molecule has 2 saturated heterocycles. The lowest BCUT2D eigenvalue weighted by atomic mass is 10.1. The van der Waals surface area contributed by atoms with Crippen LogP contribution in [-0.4, -0.2) is 52.0 Å². The summed E-state index contributed by atoms with van der Waals surface area (Å²) in [6.07, 6.45) is 8.68. The number of aromatic nitrogens is 4. The molecule has 2 aliphatic rings. The maximum atomic E-state index is 13.2. The van der Waals surface area contributed by atoms with Crippen LogP contribution in [0.15, 0.2) is 39.5 Å². The van der Waals surface area contributed by atoms with Crippen LogP contribution in [0.3, 0.4) is 0 Å². The summed E-state index contributed by atoms with van der Waals surface area (Å²) in [7, 11) is 0. The van der Waals surface area contributed by atoms with Gasteiger partial charge in [-0.1, -0.05) is 0 Å². The third-order valence-corrected chi connectivity index (χ3v) is 6.51. The predicted molar refractivity (Wildman–Crippen MR) is 139 cm³/mol. The van der Waals surface area contributed by atoms with Crippen molar-refractivity contribution in [2.45, 2.75) is 39.0 Å². The summed E-state index contributed by atoms with van der Waals surface area (Å²) in [6.45, 7) is 5.52. The molecule has 6 heterocycles. The van der Waals surface area contributed by atoms with Crippen LogP contribution in [0.1, 0.15) is 48.3 Å². The van der Waals surface area contributed by atoms with Gasteiger partial charge in [0.25, 0.3) is 11.9 Å². The fourth-order valence-corrected chi connectivity index (χ4v) is 4.70. The molecule has 188 valence electrons. The first-order valence-electron chi connectivity index (χ1n) is 12.2. The molecule has 11 heteroatoms. The number of aryl methyl sites for hydroxylation is 1. The molecular formula is C25H28ClN7O3. The van der Waals surface area contributed by atoms with Crippen molar-refractivity contribution in [3.05, 3.63) is 42.0 Å². The van der Waals surface area contributed by atoms with Crippen LogP contribution in [-0.2, 0) is 0 Å². The number of anilines is 3. The summed E-state index contributed by atoms with van der Waals surface area (Å²) >= 11 is 0. The van der Waals surface area contributed by atoms with Gasteiger partial charge < -0.3 is 24.0 Å². The Morgan fingerprint density at radius 2 is 1.72 bits per heavy atom. The van der Waals surface area contributed by atoms with Gasteiger partial charge in [-0.05, 0) is 51.2 Å². The monoisotopic (exact) mass is 509 g/mol. The van der Waals surface area contributed by atoms with Crippen LogP contribution in [0.25, 0.3) is 22.7 Å². The molecule has 2 fully saturated rings. The molecule has 0 radical (unpaired) electrons. The van der Waals surface area contributed by atoms with Crippen molar-refractivity contribution >= 4 is 47.1 Å². The fraction of sp³-hybridized carbons (Fsp3) is 0.400. The number of hydrogen-bond acceptors (Lipinski definition) is 9. The number of rotatable bonds is 5. The summed E-state index contributed by atoms with van der Waals surface area (Å²) in [5, 5.41) is 2.99. The second-order valence-corrected chi connectivity index (χ2v) is 9.10. The maximum Gasteiger partial charge on any atom is 0.299 e. The topological polar surface area (TPSA) is 113 Å². The van der Waals surface area contributed by atoms with Crippen molar-refractivity contribution < 1.29 is 13.6 Å². The van der Waals surface area contributed by atoms with Gasteiger partial charge in [-0.3, -0.25) is 9.78 Å². The molecule has 10 nitrogen and oxygen atoms in total. The van der Waals surface area contributed by atoms with Gasteiger partial charge in [-0.2, -0.15) is 4.98 Å². The predicted octanol–water partition coefficient (Wildman–Crippen LogP) is 4.85. The number of amides is 1. The number of nitrogens with one attached hydrogen (secondary N) is 1. The number of hydrogen-bond donors (Lipinski definition) is 1. The number of carbonyl (C=O) groups is 1. The minimum absolute atomic E-state index is 0. The van der Waals surface area contributed by atoms with Crippen molar-refractivity contribution in [1.29, 1.82) is 0 Å². The zero-order chi connectivity index (χ0) is 23.8. The van der Waals surface area contributed by atoms with E-state index >= 15 is 0 Å². The average molecular weight is 510 g/mol. The second kappa shape index (κ2) is 10.1. The number of oxazole rings is 2. The molecule has 0 bridgehead atoms. The normalized spacial score (nSPS) is 15.8. The minimum atomic E-state index is -0.371. The van der Waals surface area contributed by atoms with Gasteiger partial charge in [-0.15, -0.1) is 12.4 Å². The number of fused-ring (bicyclic) bond motifs is 1. The van der Waals surface area contributed by atoms with E-state index in [2.05, 4.69) is 30.1 Å². The lowest BCUT2D eigenvalue weighted by Crippen LogP contribution is -2.31. The Kier molecular flexibility index (Phi) is 6.77. The highest BCUT2D eigenvalue weighted by Crippen LogP contribution is 2.33. The molecule has 1 N–H and O–H groups in total. The van der Waals surface area contributed by atoms with E-state index in [1.165, 1.54) is 12.7 Å². The summed E-state index contributed by atoms with van der Waals surface area (Å²) in [4.78, 5) is 35.6. The summed E-state index contributed by atoms with van der Waals surface area (Å²) in [6, 6.07) is 6.08. The highest BCUT2D eigenvalue weighted by Gasteiger charge is 2.24. The Morgan fingerprint density at radius 1 is 0.972 bits per heavy atom. The molecule has 36 heavy (non-hydrogen) atoms. The summed E-state index contributed by atoms with van der Waals surface area (Å²) < 4.78 is 11.6. The largest absolute Gasteiger partial charge is 0.444 e. The zero-order valence-electron chi connectivity index (χ0n) is 20.1. The quantitative estimate of drug-likeness (QED) is 0.403. The Hall–Kier alpha value is -3.66. The molecule has 4 aromatic rings. The Balaban J connectivity index is 0.00000267. The second-order valence-electron chi connectivity index (χ2n) is 9.10. The lowest BCUT2D eigenvalue weighted by molar-refractivity contribution is 0.102. The number of carbonyl (C=O) groups excluding carboxylic acids is 1. The zero-order valence-corrected chi connectivity index (χ0v) is 20.9. The van der Waals surface area contributed by atoms with Crippen LogP contribution in [0.5, 0.6) is 0 Å². The van der Waals surface area contributed by atoms with Crippen LogP contribution < -0.4 is 15.1 Å². The molecule has 0 aromatic carbocycles. The molecule has 6 rings (SSSR count). The van der Waals surface area contributed by atoms with Gasteiger partial charge in [0.1, 0.15) is 6.26 Å². The van der Waals surface area contributed by atoms with Crippen LogP contribution in [0.2, 0.25) is 0 Å². The highest BCUT2D eigenvalue weighted by atomic mass is 35.5. The minimum Gasteiger partial charge on any atom is -0.444 e. The molecule has 0 unspecified atom stereocenters. The van der Waals surface area contributed by atoms with Crippen molar-refractivity contribution in [2.75, 3.05) is 41.3 Å². The molecule has 4 aromatic heterocycles. The van der Waals surface area contributed by atoms with Crippen molar-refractivity contribution in [1.82, 2.24) is 19.9 Å². The molecule has 0 aliphatic carbocycles. The first-order chi connectivity index (χ1) is 17.1. The number of piperidine rings is 1. The van der Waals surface area contributed by atoms with E-state index in [1.807, 2.05) is 19.1 Å². The van der Waals surface area contributed by atoms with Crippen LogP contribution >= 0.6 is 12.4 Å². The van der Waals surface area contributed by atoms with E-state index in [1.54, 1.807) is 12.3 Å². The molecule has 0 saturated carbocycles. The van der Waals surface area contributed by atoms with Crippen molar-refractivity contribution in [2.24, 2.45) is 0 Å². The van der Waals surface area contributed by atoms with E-state index in [0.29, 0.717) is 34.6 Å². The van der Waals surface area contributed by atoms with Gasteiger partial charge >= 0.3 is 0 Å². The number of pyridine rings is 2. The number of halogens is 1. The standard InChI is InChI=1S/C25H27N7O3.ClH/c1-16-13-17(7-8-26-16)24-28-19(15-34-24)23(33)27-18-14-20-21(29-22(18)31-9-3-2-4-10-31)30-25(35-20)32-11-5-6-12-32;/h7-8,13-15H,2-6,9-12H2,1H3,(H,27,33);1H. The SMILES string of the molecule is Cc1cc(-c2nc(C(=O)Nc3cc4oc(N5CCCC5)nc4nc3N3CCCCC3)co2)ccn1.Cl. The summed E-state index contributed by atoms with van der Waals surface area (Å²) in [5.41, 5.74) is 3.49. The Labute approximate surface area is 214 Å². The smallest absolute Gasteiger partial charge is 0.299 e. The van der Waals surface area contributed by atoms with Crippen LogP contribution in [0.4, 0.5) is 17.5 Å². The van der Waals surface area contributed by atoms with Gasteiger partial charge in [0.05, 0.1) is 5.69 Å². The van der Waals surface area contributed by atoms with E-state index in [0.717, 1.165) is 63.1 Å². The first-order valence-corrected chi connectivity index (χ1v) is 12.2. The average Bonchev–Trinajstić information content (AvgIpc) is 3.64. The lowest BCUT2D eigenvalue weighted by Gasteiger charge is -2.29. The first kappa shape index (κ1) is 24.1. The van der Waals surface area contributed by atoms with Gasteiger partial charge in [-0.25, -0.2) is 9.97 Å². The number of nitrogens with zero attached hydrogens (tertiary/aromatic N) is 6. The maximum absolute atomic E-state index is 13.2. The molecule has 0 atom stereocenters. The Bertz CT molecular complexity index is 1370. The highest BCUT2D eigenvalue weighted by molar-refractivity contribution is 6.05. The van der Waals surface area contributed by atoms with Gasteiger partial charge in [0, 0.05) is 49.7 Å². The molecule has 2 aliphatic heterocycles. The van der Waals surface area contributed by atoms with Crippen molar-refractivity contribution in [3.8, 4) is 11.5 Å². The van der Waals surface area contributed by atoms with E-state index in [4.69, 9.17) is 13.8 Å². The van der Waals surface area contributed by atoms with Crippen molar-refractivity contribution in [3.63, 3.8) is 0 Å². The van der Waals surface area contributed by atoms with Gasteiger partial charge in [0.2, 0.25) is 11.5 Å². The molecular weight excluding hydrogens is 482 g/mol.